The summed E-state index contributed by atoms with van der Waals surface area (Å²) in [6.07, 6.45) is -0.994. The number of nitriles is 2. The molecule has 198 valence electrons. The van der Waals surface area contributed by atoms with Gasteiger partial charge in [-0.05, 0) is 29.8 Å². The van der Waals surface area contributed by atoms with E-state index in [0.717, 1.165) is 17.1 Å². The highest BCUT2D eigenvalue weighted by Crippen LogP contribution is 2.37. The zero-order chi connectivity index (χ0) is 27.8. The molecule has 4 aromatic rings. The number of thioether (sulfide) groups is 1. The van der Waals surface area contributed by atoms with Crippen LogP contribution in [-0.4, -0.2) is 46.6 Å². The molecule has 2 aromatic carbocycles. The van der Waals surface area contributed by atoms with Crippen LogP contribution >= 0.6 is 23.1 Å². The Labute approximate surface area is 233 Å². The summed E-state index contributed by atoms with van der Waals surface area (Å²) < 4.78 is 10.7. The third-order valence-electron chi connectivity index (χ3n) is 5.44. The van der Waals surface area contributed by atoms with Crippen molar-refractivity contribution in [1.29, 1.82) is 10.5 Å². The number of pyridine rings is 1. The Morgan fingerprint density at radius 3 is 2.56 bits per heavy atom. The SMILES string of the molecule is COc1cccc(Nc2nc(CSc3nc(N)c(C#N)c(-c4ccc(OCC(O)CO)cc4)c3C#N)cs2)c1. The number of aliphatic hydroxyl groups is 2. The molecule has 2 heterocycles. The summed E-state index contributed by atoms with van der Waals surface area (Å²) in [6, 6.07) is 18.5. The summed E-state index contributed by atoms with van der Waals surface area (Å²) >= 11 is 2.76. The number of aliphatic hydroxyl groups excluding tert-OH is 2. The first-order valence-corrected chi connectivity index (χ1v) is 13.5. The quantitative estimate of drug-likeness (QED) is 0.193. The maximum atomic E-state index is 10.0. The maximum absolute atomic E-state index is 10.0. The lowest BCUT2D eigenvalue weighted by Crippen LogP contribution is -2.21. The van der Waals surface area contributed by atoms with Crippen molar-refractivity contribution in [2.24, 2.45) is 0 Å². The van der Waals surface area contributed by atoms with Crippen LogP contribution in [0, 0.1) is 22.7 Å². The molecule has 12 heteroatoms. The lowest BCUT2D eigenvalue weighted by molar-refractivity contribution is 0.0536. The molecule has 5 N–H and O–H groups in total. The molecule has 39 heavy (non-hydrogen) atoms. The Morgan fingerprint density at radius 1 is 1.10 bits per heavy atom. The molecule has 10 nitrogen and oxygen atoms in total. The van der Waals surface area contributed by atoms with E-state index in [4.69, 9.17) is 20.3 Å². The van der Waals surface area contributed by atoms with E-state index in [1.165, 1.54) is 23.1 Å². The Bertz CT molecular complexity index is 1530. The molecular weight excluding hydrogens is 536 g/mol. The van der Waals surface area contributed by atoms with E-state index in [0.29, 0.717) is 32.8 Å². The number of nitrogens with one attached hydrogen (secondary N) is 1. The Kier molecular flexibility index (Phi) is 9.20. The number of nitrogen functional groups attached to an aromatic ring is 1. The normalized spacial score (nSPS) is 11.3. The first kappa shape index (κ1) is 27.7. The predicted molar refractivity (Wildman–Crippen MR) is 150 cm³/mol. The smallest absolute Gasteiger partial charge is 0.187 e. The van der Waals surface area contributed by atoms with E-state index in [1.54, 1.807) is 31.4 Å². The van der Waals surface area contributed by atoms with Crippen molar-refractivity contribution in [3.63, 3.8) is 0 Å². The van der Waals surface area contributed by atoms with Crippen molar-refractivity contribution in [2.45, 2.75) is 16.9 Å². The summed E-state index contributed by atoms with van der Waals surface area (Å²) in [4.78, 5) is 8.97. The number of rotatable bonds is 11. The van der Waals surface area contributed by atoms with Crippen LogP contribution in [0.25, 0.3) is 11.1 Å². The molecule has 0 saturated heterocycles. The minimum absolute atomic E-state index is 0.0269. The number of nitrogens with two attached hydrogens (primary N) is 1. The van der Waals surface area contributed by atoms with Crippen LogP contribution in [0.5, 0.6) is 11.5 Å². The second-order valence-electron chi connectivity index (χ2n) is 8.11. The number of nitrogens with zero attached hydrogens (tertiary/aromatic N) is 4. The lowest BCUT2D eigenvalue weighted by atomic mass is 9.97. The number of hydrogen-bond acceptors (Lipinski definition) is 12. The molecule has 0 fully saturated rings. The van der Waals surface area contributed by atoms with Crippen LogP contribution in [0.3, 0.4) is 0 Å². The highest BCUT2D eigenvalue weighted by molar-refractivity contribution is 7.98. The standard InChI is InChI=1S/C27H24N6O4S2/c1-36-21-4-2-3-17(9-21)31-27-32-18(15-39-27)14-38-26-23(11-29)24(22(10-28)25(30)33-26)16-5-7-20(8-6-16)37-13-19(35)12-34/h2-9,15,19,34-35H,12-14H2,1H3,(H2,30,33)(H,31,32). The van der Waals surface area contributed by atoms with Crippen LogP contribution in [0.15, 0.2) is 58.9 Å². The fourth-order valence-corrected chi connectivity index (χ4v) is 5.27. The minimum Gasteiger partial charge on any atom is -0.497 e. The number of benzene rings is 2. The van der Waals surface area contributed by atoms with E-state index in [-0.39, 0.29) is 23.6 Å². The number of anilines is 3. The molecular formula is C27H24N6O4S2. The van der Waals surface area contributed by atoms with Crippen LogP contribution in [-0.2, 0) is 5.75 Å². The predicted octanol–water partition coefficient (Wildman–Crippen LogP) is 4.31. The van der Waals surface area contributed by atoms with Crippen molar-refractivity contribution in [2.75, 3.05) is 31.4 Å². The summed E-state index contributed by atoms with van der Waals surface area (Å²) in [5.41, 5.74) is 9.10. The van der Waals surface area contributed by atoms with Gasteiger partial charge in [0.25, 0.3) is 0 Å². The Hall–Kier alpha value is -4.33. The van der Waals surface area contributed by atoms with E-state index < -0.39 is 12.7 Å². The summed E-state index contributed by atoms with van der Waals surface area (Å²) in [5.74, 6) is 1.66. The summed E-state index contributed by atoms with van der Waals surface area (Å²) in [5, 5.41) is 44.5. The molecule has 1 atom stereocenters. The van der Waals surface area contributed by atoms with E-state index in [9.17, 15) is 15.6 Å². The fraction of sp³-hybridized carbons (Fsp3) is 0.185. The molecule has 0 amide bonds. The van der Waals surface area contributed by atoms with E-state index in [2.05, 4.69) is 27.4 Å². The van der Waals surface area contributed by atoms with Gasteiger partial charge in [0.1, 0.15) is 52.8 Å². The van der Waals surface area contributed by atoms with Crippen LogP contribution in [0.2, 0.25) is 0 Å². The van der Waals surface area contributed by atoms with Crippen molar-refractivity contribution < 1.29 is 19.7 Å². The molecule has 0 bridgehead atoms. The van der Waals surface area contributed by atoms with Gasteiger partial charge < -0.3 is 30.7 Å². The van der Waals surface area contributed by atoms with Crippen molar-refractivity contribution in [1.82, 2.24) is 9.97 Å². The average molecular weight is 561 g/mol. The van der Waals surface area contributed by atoms with Crippen molar-refractivity contribution in [3.05, 3.63) is 70.7 Å². The molecule has 0 aliphatic rings. The molecule has 0 aliphatic heterocycles. The van der Waals surface area contributed by atoms with Gasteiger partial charge in [0.15, 0.2) is 5.13 Å². The number of hydrogen-bond donors (Lipinski definition) is 4. The maximum Gasteiger partial charge on any atom is 0.187 e. The van der Waals surface area contributed by atoms with Crippen LogP contribution < -0.4 is 20.5 Å². The second kappa shape index (κ2) is 13.0. The number of ether oxygens (including phenoxy) is 2. The molecule has 1 unspecified atom stereocenters. The Balaban J connectivity index is 1.55. The number of methoxy groups -OCH3 is 1. The highest BCUT2D eigenvalue weighted by atomic mass is 32.2. The third kappa shape index (κ3) is 6.76. The van der Waals surface area contributed by atoms with Gasteiger partial charge in [0.05, 0.1) is 25.0 Å². The number of aromatic nitrogens is 2. The van der Waals surface area contributed by atoms with Gasteiger partial charge in [-0.2, -0.15) is 10.5 Å². The van der Waals surface area contributed by atoms with Gasteiger partial charge in [0, 0.05) is 28.5 Å². The highest BCUT2D eigenvalue weighted by Gasteiger charge is 2.21. The molecule has 4 rings (SSSR count). The van der Waals surface area contributed by atoms with Crippen molar-refractivity contribution >= 4 is 39.7 Å². The van der Waals surface area contributed by atoms with Crippen molar-refractivity contribution in [3.8, 4) is 34.8 Å². The first-order chi connectivity index (χ1) is 18.9. The largest absolute Gasteiger partial charge is 0.497 e. The molecule has 0 spiro atoms. The minimum atomic E-state index is -0.994. The van der Waals surface area contributed by atoms with Crippen LogP contribution in [0.1, 0.15) is 16.8 Å². The lowest BCUT2D eigenvalue weighted by Gasteiger charge is -2.14. The van der Waals surface area contributed by atoms with E-state index >= 15 is 0 Å². The molecule has 0 saturated carbocycles. The van der Waals surface area contributed by atoms with Gasteiger partial charge in [-0.1, -0.05) is 30.0 Å². The zero-order valence-electron chi connectivity index (χ0n) is 20.8. The molecule has 0 radical (unpaired) electrons. The van der Waals surface area contributed by atoms with Gasteiger partial charge in [-0.25, -0.2) is 9.97 Å². The number of thiazole rings is 1. The van der Waals surface area contributed by atoms with Gasteiger partial charge >= 0.3 is 0 Å². The second-order valence-corrected chi connectivity index (χ2v) is 9.93. The molecule has 2 aromatic heterocycles. The fourth-order valence-electron chi connectivity index (χ4n) is 3.55. The third-order valence-corrected chi connectivity index (χ3v) is 7.26. The average Bonchev–Trinajstić information content (AvgIpc) is 3.41. The first-order valence-electron chi connectivity index (χ1n) is 11.6. The van der Waals surface area contributed by atoms with E-state index in [1.807, 2.05) is 29.6 Å². The Morgan fingerprint density at radius 2 is 1.87 bits per heavy atom. The van der Waals surface area contributed by atoms with Crippen LogP contribution in [0.4, 0.5) is 16.6 Å². The molecule has 0 aliphatic carbocycles. The zero-order valence-corrected chi connectivity index (χ0v) is 22.4. The monoisotopic (exact) mass is 560 g/mol. The topological polar surface area (TPSA) is 170 Å². The summed E-state index contributed by atoms with van der Waals surface area (Å²) in [6.45, 7) is -0.480. The van der Waals surface area contributed by atoms with Gasteiger partial charge in [0.2, 0.25) is 0 Å². The summed E-state index contributed by atoms with van der Waals surface area (Å²) in [7, 11) is 1.61. The van der Waals surface area contributed by atoms with Gasteiger partial charge in [-0.15, -0.1) is 11.3 Å². The van der Waals surface area contributed by atoms with Gasteiger partial charge in [-0.3, -0.25) is 0 Å².